The Morgan fingerprint density at radius 1 is 1.35 bits per heavy atom. The van der Waals surface area contributed by atoms with Crippen molar-refractivity contribution in [2.24, 2.45) is 0 Å². The van der Waals surface area contributed by atoms with Crippen LogP contribution in [-0.2, 0) is 4.79 Å². The third kappa shape index (κ3) is 4.43. The van der Waals surface area contributed by atoms with Crippen LogP contribution in [0.1, 0.15) is 26.0 Å². The molecular weight excluding hydrogens is 214 g/mol. The molecule has 0 saturated carbocycles. The number of nitrogens with one attached hydrogen (secondary N) is 1. The van der Waals surface area contributed by atoms with Crippen LogP contribution >= 0.6 is 0 Å². The van der Waals surface area contributed by atoms with Crippen molar-refractivity contribution >= 4 is 11.7 Å². The lowest BCUT2D eigenvalue weighted by atomic mass is 10.3. The number of hydrogen-bond donors (Lipinski definition) is 1. The van der Waals surface area contributed by atoms with Gasteiger partial charge in [0.2, 0.25) is 5.91 Å². The van der Waals surface area contributed by atoms with E-state index in [-0.39, 0.29) is 5.91 Å². The number of hydrogen-bond acceptors (Lipinski definition) is 3. The fraction of sp³-hybridized carbons (Fsp3) is 0.538. The molecule has 0 aliphatic heterocycles. The third-order valence-corrected chi connectivity index (χ3v) is 2.65. The molecule has 0 radical (unpaired) electrons. The van der Waals surface area contributed by atoms with Gasteiger partial charge in [-0.3, -0.25) is 4.79 Å². The van der Waals surface area contributed by atoms with Crippen LogP contribution in [0.25, 0.3) is 0 Å². The molecule has 0 aliphatic carbocycles. The Labute approximate surface area is 103 Å². The summed E-state index contributed by atoms with van der Waals surface area (Å²) in [5.41, 5.74) is 0.977. The predicted molar refractivity (Wildman–Crippen MR) is 70.0 cm³/mol. The van der Waals surface area contributed by atoms with Crippen LogP contribution < -0.4 is 5.32 Å². The summed E-state index contributed by atoms with van der Waals surface area (Å²) in [6.07, 6.45) is 0.511. The molecule has 0 bridgehead atoms. The van der Waals surface area contributed by atoms with Gasteiger partial charge in [0.1, 0.15) is 5.82 Å². The molecule has 1 aromatic rings. The summed E-state index contributed by atoms with van der Waals surface area (Å²) in [6.45, 7) is 8.13. The molecule has 0 fully saturated rings. The van der Waals surface area contributed by atoms with Gasteiger partial charge in [0.15, 0.2) is 0 Å². The number of aromatic nitrogens is 1. The van der Waals surface area contributed by atoms with Gasteiger partial charge in [0, 0.05) is 31.7 Å². The fourth-order valence-electron chi connectivity index (χ4n) is 1.67. The van der Waals surface area contributed by atoms with E-state index >= 15 is 0 Å². The Balaban J connectivity index is 2.35. The van der Waals surface area contributed by atoms with Crippen LogP contribution in [0.4, 0.5) is 5.82 Å². The van der Waals surface area contributed by atoms with E-state index < -0.39 is 0 Å². The van der Waals surface area contributed by atoms with E-state index in [4.69, 9.17) is 0 Å². The SMILES string of the molecule is CCN(CC)C(=O)CCNc1cccc(C)n1. The second-order valence-corrected chi connectivity index (χ2v) is 3.91. The van der Waals surface area contributed by atoms with E-state index in [0.29, 0.717) is 13.0 Å². The first-order valence-electron chi connectivity index (χ1n) is 6.12. The number of carbonyl (C=O) groups excluding carboxylic acids is 1. The third-order valence-electron chi connectivity index (χ3n) is 2.65. The molecular formula is C13H21N3O. The Bertz CT molecular complexity index is 361. The normalized spacial score (nSPS) is 10.1. The van der Waals surface area contributed by atoms with Gasteiger partial charge in [-0.25, -0.2) is 4.98 Å². The van der Waals surface area contributed by atoms with Crippen molar-refractivity contribution < 1.29 is 4.79 Å². The highest BCUT2D eigenvalue weighted by Gasteiger charge is 2.08. The van der Waals surface area contributed by atoms with E-state index in [9.17, 15) is 4.79 Å². The number of carbonyl (C=O) groups is 1. The lowest BCUT2D eigenvalue weighted by molar-refractivity contribution is -0.130. The number of rotatable bonds is 6. The van der Waals surface area contributed by atoms with Gasteiger partial charge in [-0.15, -0.1) is 0 Å². The maximum absolute atomic E-state index is 11.7. The molecule has 4 heteroatoms. The average Bonchev–Trinajstić information content (AvgIpc) is 2.30. The quantitative estimate of drug-likeness (QED) is 0.821. The zero-order valence-electron chi connectivity index (χ0n) is 10.9. The summed E-state index contributed by atoms with van der Waals surface area (Å²) in [5, 5.41) is 3.16. The molecule has 17 heavy (non-hydrogen) atoms. The minimum atomic E-state index is 0.190. The second-order valence-electron chi connectivity index (χ2n) is 3.91. The van der Waals surface area contributed by atoms with Gasteiger partial charge in [-0.2, -0.15) is 0 Å². The Morgan fingerprint density at radius 2 is 2.06 bits per heavy atom. The van der Waals surface area contributed by atoms with E-state index in [0.717, 1.165) is 24.6 Å². The Kier molecular flexibility index (Phi) is 5.46. The van der Waals surface area contributed by atoms with E-state index in [1.807, 2.05) is 43.9 Å². The first-order chi connectivity index (χ1) is 8.17. The summed E-state index contributed by atoms with van der Waals surface area (Å²) >= 11 is 0. The van der Waals surface area contributed by atoms with Crippen LogP contribution in [0.3, 0.4) is 0 Å². The van der Waals surface area contributed by atoms with Crippen LogP contribution in [0, 0.1) is 6.92 Å². The van der Waals surface area contributed by atoms with Crippen molar-refractivity contribution in [2.45, 2.75) is 27.2 Å². The van der Waals surface area contributed by atoms with Crippen molar-refractivity contribution in [1.29, 1.82) is 0 Å². The molecule has 1 aromatic heterocycles. The fourth-order valence-corrected chi connectivity index (χ4v) is 1.67. The van der Waals surface area contributed by atoms with Crippen molar-refractivity contribution in [3.63, 3.8) is 0 Å². The molecule has 1 amide bonds. The highest BCUT2D eigenvalue weighted by atomic mass is 16.2. The molecule has 0 saturated heterocycles. The molecule has 0 atom stereocenters. The lowest BCUT2D eigenvalue weighted by Gasteiger charge is -2.18. The summed E-state index contributed by atoms with van der Waals surface area (Å²) in [7, 11) is 0. The monoisotopic (exact) mass is 235 g/mol. The highest BCUT2D eigenvalue weighted by molar-refractivity contribution is 5.76. The summed E-state index contributed by atoms with van der Waals surface area (Å²) in [5.74, 6) is 1.02. The molecule has 0 spiro atoms. The molecule has 1 heterocycles. The van der Waals surface area contributed by atoms with E-state index in [1.54, 1.807) is 0 Å². The number of pyridine rings is 1. The van der Waals surface area contributed by atoms with Crippen LogP contribution in [-0.4, -0.2) is 35.4 Å². The zero-order chi connectivity index (χ0) is 12.7. The van der Waals surface area contributed by atoms with Crippen LogP contribution in [0.5, 0.6) is 0 Å². The van der Waals surface area contributed by atoms with Gasteiger partial charge in [0.05, 0.1) is 0 Å². The second kappa shape index (κ2) is 6.89. The van der Waals surface area contributed by atoms with Crippen molar-refractivity contribution in [2.75, 3.05) is 25.0 Å². The van der Waals surface area contributed by atoms with Crippen molar-refractivity contribution in [3.8, 4) is 0 Å². The maximum atomic E-state index is 11.7. The Hall–Kier alpha value is -1.58. The van der Waals surface area contributed by atoms with Gasteiger partial charge in [0.25, 0.3) is 0 Å². The van der Waals surface area contributed by atoms with Crippen molar-refractivity contribution in [1.82, 2.24) is 9.88 Å². The average molecular weight is 235 g/mol. The number of anilines is 1. The van der Waals surface area contributed by atoms with E-state index in [1.165, 1.54) is 0 Å². The molecule has 94 valence electrons. The van der Waals surface area contributed by atoms with Crippen molar-refractivity contribution in [3.05, 3.63) is 23.9 Å². The van der Waals surface area contributed by atoms with Crippen LogP contribution in [0.2, 0.25) is 0 Å². The minimum Gasteiger partial charge on any atom is -0.370 e. The largest absolute Gasteiger partial charge is 0.370 e. The molecule has 1 rings (SSSR count). The minimum absolute atomic E-state index is 0.190. The molecule has 0 aromatic carbocycles. The summed E-state index contributed by atoms with van der Waals surface area (Å²) < 4.78 is 0. The van der Waals surface area contributed by atoms with Gasteiger partial charge in [-0.1, -0.05) is 6.07 Å². The maximum Gasteiger partial charge on any atom is 0.224 e. The van der Waals surface area contributed by atoms with E-state index in [2.05, 4.69) is 10.3 Å². The smallest absolute Gasteiger partial charge is 0.224 e. The first-order valence-corrected chi connectivity index (χ1v) is 6.12. The number of aryl methyl sites for hydroxylation is 1. The zero-order valence-corrected chi connectivity index (χ0v) is 10.9. The van der Waals surface area contributed by atoms with Gasteiger partial charge < -0.3 is 10.2 Å². The van der Waals surface area contributed by atoms with Crippen LogP contribution in [0.15, 0.2) is 18.2 Å². The Morgan fingerprint density at radius 3 is 2.65 bits per heavy atom. The van der Waals surface area contributed by atoms with Gasteiger partial charge >= 0.3 is 0 Å². The molecule has 4 nitrogen and oxygen atoms in total. The first kappa shape index (κ1) is 13.5. The molecule has 0 aliphatic rings. The lowest BCUT2D eigenvalue weighted by Crippen LogP contribution is -2.31. The molecule has 1 N–H and O–H groups in total. The highest BCUT2D eigenvalue weighted by Crippen LogP contribution is 2.04. The molecule has 0 unspecified atom stereocenters. The topological polar surface area (TPSA) is 45.2 Å². The predicted octanol–water partition coefficient (Wildman–Crippen LogP) is 2.06. The standard InChI is InChI=1S/C13H21N3O/c1-4-16(5-2)13(17)9-10-14-12-8-6-7-11(3)15-12/h6-8H,4-5,9-10H2,1-3H3,(H,14,15). The number of amides is 1. The summed E-state index contributed by atoms with van der Waals surface area (Å²) in [4.78, 5) is 17.9. The number of nitrogens with zero attached hydrogens (tertiary/aromatic N) is 2. The van der Waals surface area contributed by atoms with Gasteiger partial charge in [-0.05, 0) is 32.9 Å². The summed E-state index contributed by atoms with van der Waals surface area (Å²) in [6, 6.07) is 5.82.